The van der Waals surface area contributed by atoms with E-state index in [-0.39, 0.29) is 24.0 Å². The minimum atomic E-state index is -0.865. The SMILES string of the molecule is CC(NCC(=O)NC(C)(C)C)C(C)C(=O)O. The lowest BCUT2D eigenvalue weighted by Gasteiger charge is -2.22. The van der Waals surface area contributed by atoms with Crippen LogP contribution < -0.4 is 10.6 Å². The van der Waals surface area contributed by atoms with Gasteiger partial charge in [-0.25, -0.2) is 0 Å². The Balaban J connectivity index is 3.97. The molecule has 5 nitrogen and oxygen atoms in total. The maximum absolute atomic E-state index is 11.4. The van der Waals surface area contributed by atoms with Crippen molar-refractivity contribution in [2.45, 2.75) is 46.2 Å². The number of carboxylic acid groups (broad SMARTS) is 1. The Labute approximate surface area is 96.6 Å². The highest BCUT2D eigenvalue weighted by Crippen LogP contribution is 2.02. The molecule has 2 atom stereocenters. The van der Waals surface area contributed by atoms with Crippen molar-refractivity contribution in [3.05, 3.63) is 0 Å². The molecule has 0 heterocycles. The van der Waals surface area contributed by atoms with E-state index in [9.17, 15) is 9.59 Å². The van der Waals surface area contributed by atoms with E-state index < -0.39 is 11.9 Å². The number of hydrogen-bond donors (Lipinski definition) is 3. The third kappa shape index (κ3) is 6.40. The molecule has 2 unspecified atom stereocenters. The number of aliphatic carboxylic acids is 1. The molecular formula is C11H22N2O3. The Morgan fingerprint density at radius 2 is 1.75 bits per heavy atom. The van der Waals surface area contributed by atoms with E-state index in [0.29, 0.717) is 0 Å². The van der Waals surface area contributed by atoms with Gasteiger partial charge >= 0.3 is 5.97 Å². The molecule has 0 aromatic rings. The fourth-order valence-corrected chi connectivity index (χ4v) is 1.11. The Kier molecular flexibility index (Phi) is 5.44. The average Bonchev–Trinajstić information content (AvgIpc) is 2.09. The van der Waals surface area contributed by atoms with Crippen molar-refractivity contribution in [2.24, 2.45) is 5.92 Å². The minimum absolute atomic E-state index is 0.128. The molecule has 3 N–H and O–H groups in total. The second-order valence-electron chi connectivity index (χ2n) is 5.09. The first-order valence-electron chi connectivity index (χ1n) is 5.40. The maximum Gasteiger partial charge on any atom is 0.307 e. The Morgan fingerprint density at radius 1 is 1.25 bits per heavy atom. The summed E-state index contributed by atoms with van der Waals surface area (Å²) >= 11 is 0. The second-order valence-corrected chi connectivity index (χ2v) is 5.09. The second kappa shape index (κ2) is 5.84. The quantitative estimate of drug-likeness (QED) is 0.646. The molecule has 0 radical (unpaired) electrons. The number of carbonyl (C=O) groups excluding carboxylic acids is 1. The van der Waals surface area contributed by atoms with Crippen molar-refractivity contribution in [1.82, 2.24) is 10.6 Å². The molecule has 0 aromatic carbocycles. The molecule has 0 fully saturated rings. The highest BCUT2D eigenvalue weighted by atomic mass is 16.4. The Morgan fingerprint density at radius 3 is 2.12 bits per heavy atom. The van der Waals surface area contributed by atoms with Crippen LogP contribution in [0, 0.1) is 5.92 Å². The summed E-state index contributed by atoms with van der Waals surface area (Å²) < 4.78 is 0. The van der Waals surface area contributed by atoms with Crippen LogP contribution >= 0.6 is 0 Å². The number of rotatable bonds is 5. The van der Waals surface area contributed by atoms with Crippen molar-refractivity contribution >= 4 is 11.9 Å². The lowest BCUT2D eigenvalue weighted by atomic mass is 10.0. The van der Waals surface area contributed by atoms with Crippen molar-refractivity contribution in [3.63, 3.8) is 0 Å². The number of carbonyl (C=O) groups is 2. The van der Waals surface area contributed by atoms with Crippen LogP contribution in [0.1, 0.15) is 34.6 Å². The first-order chi connectivity index (χ1) is 7.13. The zero-order valence-electron chi connectivity index (χ0n) is 10.6. The molecule has 0 saturated carbocycles. The lowest BCUT2D eigenvalue weighted by molar-refractivity contribution is -0.142. The summed E-state index contributed by atoms with van der Waals surface area (Å²) in [4.78, 5) is 22.1. The van der Waals surface area contributed by atoms with Crippen molar-refractivity contribution in [2.75, 3.05) is 6.54 Å². The summed E-state index contributed by atoms with van der Waals surface area (Å²) in [6.45, 7) is 9.19. The molecule has 0 aromatic heterocycles. The molecule has 0 saturated heterocycles. The Bertz CT molecular complexity index is 258. The van der Waals surface area contributed by atoms with Gasteiger partial charge in [0, 0.05) is 11.6 Å². The van der Waals surface area contributed by atoms with E-state index in [4.69, 9.17) is 5.11 Å². The molecule has 0 rings (SSSR count). The van der Waals surface area contributed by atoms with Gasteiger partial charge in [0.15, 0.2) is 0 Å². The first kappa shape index (κ1) is 14.9. The maximum atomic E-state index is 11.4. The molecule has 0 aliphatic carbocycles. The molecule has 94 valence electrons. The standard InChI is InChI=1S/C11H22N2O3/c1-7(10(15)16)8(2)12-6-9(14)13-11(3,4)5/h7-8,12H,6H2,1-5H3,(H,13,14)(H,15,16). The van der Waals surface area contributed by atoms with Crippen LogP contribution in [0.15, 0.2) is 0 Å². The van der Waals surface area contributed by atoms with Gasteiger partial charge in [-0.2, -0.15) is 0 Å². The molecule has 0 aliphatic heterocycles. The Hall–Kier alpha value is -1.10. The van der Waals surface area contributed by atoms with Gasteiger partial charge in [-0.3, -0.25) is 9.59 Å². The van der Waals surface area contributed by atoms with Crippen LogP contribution in [0.5, 0.6) is 0 Å². The number of nitrogens with one attached hydrogen (secondary N) is 2. The van der Waals surface area contributed by atoms with E-state index in [1.54, 1.807) is 13.8 Å². The van der Waals surface area contributed by atoms with Gasteiger partial charge in [0.1, 0.15) is 0 Å². The van der Waals surface area contributed by atoms with Gasteiger partial charge in [-0.1, -0.05) is 6.92 Å². The van der Waals surface area contributed by atoms with E-state index >= 15 is 0 Å². The predicted molar refractivity (Wildman–Crippen MR) is 62.2 cm³/mol. The van der Waals surface area contributed by atoms with Crippen LogP contribution in [0.2, 0.25) is 0 Å². The smallest absolute Gasteiger partial charge is 0.307 e. The summed E-state index contributed by atoms with van der Waals surface area (Å²) in [7, 11) is 0. The lowest BCUT2D eigenvalue weighted by Crippen LogP contribution is -2.47. The number of amides is 1. The van der Waals surface area contributed by atoms with Crippen LogP contribution in [-0.2, 0) is 9.59 Å². The van der Waals surface area contributed by atoms with Crippen LogP contribution in [0.3, 0.4) is 0 Å². The zero-order valence-corrected chi connectivity index (χ0v) is 10.6. The summed E-state index contributed by atoms with van der Waals surface area (Å²) in [5.74, 6) is -1.50. The summed E-state index contributed by atoms with van der Waals surface area (Å²) in [6.07, 6.45) is 0. The van der Waals surface area contributed by atoms with Gasteiger partial charge in [0.05, 0.1) is 12.5 Å². The summed E-state index contributed by atoms with van der Waals surface area (Å²) in [5.41, 5.74) is -0.263. The molecule has 16 heavy (non-hydrogen) atoms. The van der Waals surface area contributed by atoms with E-state index in [0.717, 1.165) is 0 Å². The highest BCUT2D eigenvalue weighted by molar-refractivity contribution is 5.79. The minimum Gasteiger partial charge on any atom is -0.481 e. The molecular weight excluding hydrogens is 208 g/mol. The van der Waals surface area contributed by atoms with Gasteiger partial charge in [-0.05, 0) is 27.7 Å². The fourth-order valence-electron chi connectivity index (χ4n) is 1.11. The number of carboxylic acids is 1. The van der Waals surface area contributed by atoms with Gasteiger partial charge in [0.25, 0.3) is 0 Å². The van der Waals surface area contributed by atoms with E-state index in [1.165, 1.54) is 0 Å². The highest BCUT2D eigenvalue weighted by Gasteiger charge is 2.20. The van der Waals surface area contributed by atoms with Crippen LogP contribution in [-0.4, -0.2) is 35.1 Å². The van der Waals surface area contributed by atoms with E-state index in [1.807, 2.05) is 20.8 Å². The number of hydrogen-bond acceptors (Lipinski definition) is 3. The molecule has 0 bridgehead atoms. The average molecular weight is 230 g/mol. The van der Waals surface area contributed by atoms with Crippen LogP contribution in [0.4, 0.5) is 0 Å². The third-order valence-electron chi connectivity index (χ3n) is 2.24. The van der Waals surface area contributed by atoms with Gasteiger partial charge in [-0.15, -0.1) is 0 Å². The fraction of sp³-hybridized carbons (Fsp3) is 0.818. The van der Waals surface area contributed by atoms with Crippen LogP contribution in [0.25, 0.3) is 0 Å². The molecule has 0 spiro atoms. The van der Waals surface area contributed by atoms with Gasteiger partial charge < -0.3 is 15.7 Å². The summed E-state index contributed by atoms with van der Waals surface area (Å²) in [6, 6.07) is -0.233. The molecule has 5 heteroatoms. The largest absolute Gasteiger partial charge is 0.481 e. The predicted octanol–water partition coefficient (Wildman–Crippen LogP) is 0.600. The topological polar surface area (TPSA) is 78.4 Å². The van der Waals surface area contributed by atoms with E-state index in [2.05, 4.69) is 10.6 Å². The van der Waals surface area contributed by atoms with Crippen molar-refractivity contribution in [1.29, 1.82) is 0 Å². The third-order valence-corrected chi connectivity index (χ3v) is 2.24. The monoisotopic (exact) mass is 230 g/mol. The van der Waals surface area contributed by atoms with Crippen molar-refractivity contribution in [3.8, 4) is 0 Å². The van der Waals surface area contributed by atoms with Crippen molar-refractivity contribution < 1.29 is 14.7 Å². The first-order valence-corrected chi connectivity index (χ1v) is 5.40. The normalized spacial score (nSPS) is 15.3. The summed E-state index contributed by atoms with van der Waals surface area (Å²) in [5, 5.41) is 14.5. The molecule has 0 aliphatic rings. The van der Waals surface area contributed by atoms with Gasteiger partial charge in [0.2, 0.25) is 5.91 Å². The molecule has 1 amide bonds. The zero-order chi connectivity index (χ0) is 12.9.